The molecule has 0 aliphatic rings. The van der Waals surface area contributed by atoms with Crippen molar-refractivity contribution in [3.05, 3.63) is 35.4 Å². The van der Waals surface area contributed by atoms with Crippen LogP contribution in [0.4, 0.5) is 0 Å². The highest BCUT2D eigenvalue weighted by atomic mass is 16.2. The van der Waals surface area contributed by atoms with E-state index in [1.165, 1.54) is 5.56 Å². The predicted octanol–water partition coefficient (Wildman–Crippen LogP) is 4.15. The number of rotatable bonds is 9. The van der Waals surface area contributed by atoms with Crippen molar-refractivity contribution < 1.29 is 9.59 Å². The number of aryl methyl sites for hydroxylation is 1. The zero-order chi connectivity index (χ0) is 16.5. The topological polar surface area (TPSA) is 46.2 Å². The fourth-order valence-corrected chi connectivity index (χ4v) is 2.30. The Labute approximate surface area is 134 Å². The van der Waals surface area contributed by atoms with Crippen molar-refractivity contribution in [2.24, 2.45) is 5.92 Å². The third-order valence-electron chi connectivity index (χ3n) is 3.85. The van der Waals surface area contributed by atoms with E-state index in [1.54, 1.807) is 0 Å². The quantitative estimate of drug-likeness (QED) is 0.696. The number of Topliss-reactive ketones (excluding diaryl/α,β-unsaturated/α-hetero) is 1. The molecule has 3 heteroatoms. The summed E-state index contributed by atoms with van der Waals surface area (Å²) in [4.78, 5) is 23.9. The van der Waals surface area contributed by atoms with E-state index in [2.05, 4.69) is 26.1 Å². The van der Waals surface area contributed by atoms with Gasteiger partial charge >= 0.3 is 0 Å². The molecule has 0 radical (unpaired) electrons. The number of carbonyl (C=O) groups is 2. The molecule has 1 atom stereocenters. The van der Waals surface area contributed by atoms with Gasteiger partial charge in [-0.2, -0.15) is 0 Å². The summed E-state index contributed by atoms with van der Waals surface area (Å²) in [6, 6.07) is 7.82. The van der Waals surface area contributed by atoms with E-state index in [1.807, 2.05) is 31.2 Å². The maximum Gasteiger partial charge on any atom is 0.220 e. The zero-order valence-corrected chi connectivity index (χ0v) is 14.3. The Morgan fingerprint density at radius 3 is 2.18 bits per heavy atom. The first-order chi connectivity index (χ1) is 10.4. The summed E-state index contributed by atoms with van der Waals surface area (Å²) >= 11 is 0. The van der Waals surface area contributed by atoms with E-state index in [0.717, 1.165) is 19.3 Å². The molecule has 0 aliphatic carbocycles. The normalized spacial score (nSPS) is 12.2. The lowest BCUT2D eigenvalue weighted by Crippen LogP contribution is -2.32. The molecule has 122 valence electrons. The van der Waals surface area contributed by atoms with Gasteiger partial charge in [0.05, 0.1) is 0 Å². The second-order valence-corrected chi connectivity index (χ2v) is 6.41. The van der Waals surface area contributed by atoms with E-state index in [-0.39, 0.29) is 30.6 Å². The minimum Gasteiger partial charge on any atom is -0.354 e. The van der Waals surface area contributed by atoms with Crippen LogP contribution in [0, 0.1) is 5.92 Å². The molecule has 0 spiro atoms. The smallest absolute Gasteiger partial charge is 0.220 e. The third kappa shape index (κ3) is 6.88. The SMILES string of the molecule is CCc1ccc(C(=O)CCC(=O)NC(C)CCC(C)C)cc1. The van der Waals surface area contributed by atoms with Gasteiger partial charge in [-0.25, -0.2) is 0 Å². The number of ketones is 1. The van der Waals surface area contributed by atoms with E-state index < -0.39 is 0 Å². The molecule has 3 nitrogen and oxygen atoms in total. The van der Waals surface area contributed by atoms with E-state index in [4.69, 9.17) is 0 Å². The fraction of sp³-hybridized carbons (Fsp3) is 0.579. The van der Waals surface area contributed by atoms with Crippen LogP contribution in [0.25, 0.3) is 0 Å². The van der Waals surface area contributed by atoms with Gasteiger partial charge in [-0.05, 0) is 37.7 Å². The summed E-state index contributed by atoms with van der Waals surface area (Å²) in [6.07, 6.45) is 3.58. The van der Waals surface area contributed by atoms with Gasteiger partial charge in [0.15, 0.2) is 5.78 Å². The van der Waals surface area contributed by atoms with Gasteiger partial charge in [0.25, 0.3) is 0 Å². The predicted molar refractivity (Wildman–Crippen MR) is 91.1 cm³/mol. The molecule has 0 heterocycles. The first-order valence-electron chi connectivity index (χ1n) is 8.33. The van der Waals surface area contributed by atoms with E-state index >= 15 is 0 Å². The molecule has 1 amide bonds. The largest absolute Gasteiger partial charge is 0.354 e. The number of hydrogen-bond acceptors (Lipinski definition) is 2. The standard InChI is InChI=1S/C19H29NO2/c1-5-16-8-10-17(11-9-16)18(21)12-13-19(22)20-15(4)7-6-14(2)3/h8-11,14-15H,5-7,12-13H2,1-4H3,(H,20,22). The third-order valence-corrected chi connectivity index (χ3v) is 3.85. The van der Waals surface area contributed by atoms with Crippen LogP contribution in [0.5, 0.6) is 0 Å². The molecule has 0 saturated carbocycles. The number of hydrogen-bond donors (Lipinski definition) is 1. The molecule has 0 fully saturated rings. The first kappa shape index (κ1) is 18.4. The van der Waals surface area contributed by atoms with Gasteiger partial charge in [-0.15, -0.1) is 0 Å². The molecular formula is C19H29NO2. The highest BCUT2D eigenvalue weighted by Crippen LogP contribution is 2.10. The van der Waals surface area contributed by atoms with Crippen molar-refractivity contribution in [3.8, 4) is 0 Å². The van der Waals surface area contributed by atoms with Crippen LogP contribution in [0.3, 0.4) is 0 Å². The van der Waals surface area contributed by atoms with E-state index in [0.29, 0.717) is 11.5 Å². The van der Waals surface area contributed by atoms with Crippen LogP contribution in [-0.2, 0) is 11.2 Å². The van der Waals surface area contributed by atoms with Gasteiger partial charge in [-0.1, -0.05) is 45.0 Å². The lowest BCUT2D eigenvalue weighted by Gasteiger charge is -2.14. The van der Waals surface area contributed by atoms with Crippen LogP contribution in [0.2, 0.25) is 0 Å². The maximum absolute atomic E-state index is 12.1. The van der Waals surface area contributed by atoms with Crippen molar-refractivity contribution in [2.45, 2.75) is 65.8 Å². The average molecular weight is 303 g/mol. The van der Waals surface area contributed by atoms with E-state index in [9.17, 15) is 9.59 Å². The molecule has 0 bridgehead atoms. The number of nitrogens with one attached hydrogen (secondary N) is 1. The second-order valence-electron chi connectivity index (χ2n) is 6.41. The molecule has 22 heavy (non-hydrogen) atoms. The summed E-state index contributed by atoms with van der Waals surface area (Å²) in [6.45, 7) is 8.46. The second kappa shape index (κ2) is 9.39. The Kier molecular flexibility index (Phi) is 7.86. The lowest BCUT2D eigenvalue weighted by molar-refractivity contribution is -0.121. The molecule has 1 aromatic rings. The highest BCUT2D eigenvalue weighted by molar-refractivity contribution is 5.97. The fourth-order valence-electron chi connectivity index (χ4n) is 2.30. The van der Waals surface area contributed by atoms with Crippen LogP contribution >= 0.6 is 0 Å². The van der Waals surface area contributed by atoms with Gasteiger partial charge in [0.2, 0.25) is 5.91 Å². The van der Waals surface area contributed by atoms with Crippen molar-refractivity contribution in [1.82, 2.24) is 5.32 Å². The summed E-state index contributed by atoms with van der Waals surface area (Å²) < 4.78 is 0. The minimum absolute atomic E-state index is 0.0326. The average Bonchev–Trinajstić information content (AvgIpc) is 2.50. The molecule has 0 saturated heterocycles. The van der Waals surface area contributed by atoms with Crippen molar-refractivity contribution in [1.29, 1.82) is 0 Å². The monoisotopic (exact) mass is 303 g/mol. The molecular weight excluding hydrogens is 274 g/mol. The molecule has 1 unspecified atom stereocenters. The Hall–Kier alpha value is -1.64. The van der Waals surface area contributed by atoms with Crippen molar-refractivity contribution in [2.75, 3.05) is 0 Å². The summed E-state index contributed by atoms with van der Waals surface area (Å²) in [5, 5.41) is 2.97. The summed E-state index contributed by atoms with van der Waals surface area (Å²) in [5.74, 6) is 0.648. The van der Waals surface area contributed by atoms with Crippen molar-refractivity contribution >= 4 is 11.7 Å². The molecule has 1 N–H and O–H groups in total. The molecule has 0 aliphatic heterocycles. The van der Waals surface area contributed by atoms with Crippen LogP contribution in [-0.4, -0.2) is 17.7 Å². The van der Waals surface area contributed by atoms with Gasteiger partial charge in [-0.3, -0.25) is 9.59 Å². The van der Waals surface area contributed by atoms with Crippen LogP contribution in [0.15, 0.2) is 24.3 Å². The highest BCUT2D eigenvalue weighted by Gasteiger charge is 2.11. The number of carbonyl (C=O) groups excluding carboxylic acids is 2. The van der Waals surface area contributed by atoms with Crippen molar-refractivity contribution in [3.63, 3.8) is 0 Å². The molecule has 1 rings (SSSR count). The maximum atomic E-state index is 12.1. The first-order valence-corrected chi connectivity index (χ1v) is 8.33. The minimum atomic E-state index is -0.0326. The number of benzene rings is 1. The Morgan fingerprint density at radius 1 is 1.00 bits per heavy atom. The van der Waals surface area contributed by atoms with Gasteiger partial charge in [0, 0.05) is 24.4 Å². The van der Waals surface area contributed by atoms with Gasteiger partial charge < -0.3 is 5.32 Å². The lowest BCUT2D eigenvalue weighted by atomic mass is 10.0. The Morgan fingerprint density at radius 2 is 1.64 bits per heavy atom. The van der Waals surface area contributed by atoms with Gasteiger partial charge in [0.1, 0.15) is 0 Å². The summed E-state index contributed by atoms with van der Waals surface area (Å²) in [5.41, 5.74) is 1.91. The summed E-state index contributed by atoms with van der Waals surface area (Å²) in [7, 11) is 0. The molecule has 1 aromatic carbocycles. The Bertz CT molecular complexity index is 477. The Balaban J connectivity index is 2.34. The zero-order valence-electron chi connectivity index (χ0n) is 14.3. The molecule has 0 aromatic heterocycles. The van der Waals surface area contributed by atoms with Crippen LogP contribution in [0.1, 0.15) is 69.3 Å². The number of amides is 1. The van der Waals surface area contributed by atoms with Crippen LogP contribution < -0.4 is 5.32 Å².